The normalized spacial score (nSPS) is 18.4. The first-order valence-corrected chi connectivity index (χ1v) is 6.16. The van der Waals surface area contributed by atoms with Crippen molar-refractivity contribution in [2.45, 2.75) is 45.1 Å². The second-order valence-corrected chi connectivity index (χ2v) is 4.99. The number of hydrogen-bond acceptors (Lipinski definition) is 6. The summed E-state index contributed by atoms with van der Waals surface area (Å²) in [6.07, 6.45) is 4.05. The molecule has 6 nitrogen and oxygen atoms in total. The van der Waals surface area contributed by atoms with E-state index in [0.29, 0.717) is 17.5 Å². The highest BCUT2D eigenvalue weighted by atomic mass is 16.5. The van der Waals surface area contributed by atoms with Gasteiger partial charge in [-0.2, -0.15) is 4.98 Å². The van der Waals surface area contributed by atoms with E-state index in [2.05, 4.69) is 15.3 Å². The number of aryl methyl sites for hydroxylation is 2. The zero-order valence-corrected chi connectivity index (χ0v) is 10.6. The van der Waals surface area contributed by atoms with Gasteiger partial charge in [0, 0.05) is 0 Å². The lowest BCUT2D eigenvalue weighted by Crippen LogP contribution is -2.34. The minimum Gasteiger partial charge on any atom is -0.361 e. The molecule has 0 unspecified atom stereocenters. The van der Waals surface area contributed by atoms with Gasteiger partial charge in [0.05, 0.1) is 11.2 Å². The van der Waals surface area contributed by atoms with Gasteiger partial charge < -0.3 is 14.8 Å². The van der Waals surface area contributed by atoms with Crippen molar-refractivity contribution < 1.29 is 9.05 Å². The van der Waals surface area contributed by atoms with E-state index in [4.69, 9.17) is 14.8 Å². The predicted octanol–water partition coefficient (Wildman–Crippen LogP) is 2.07. The van der Waals surface area contributed by atoms with Crippen LogP contribution in [0.3, 0.4) is 0 Å². The van der Waals surface area contributed by atoms with E-state index in [1.807, 2.05) is 13.8 Å². The van der Waals surface area contributed by atoms with Crippen molar-refractivity contribution in [2.24, 2.45) is 5.73 Å². The summed E-state index contributed by atoms with van der Waals surface area (Å²) >= 11 is 0. The molecular formula is C12H16N4O2. The minimum absolute atomic E-state index is 0.430. The van der Waals surface area contributed by atoms with E-state index in [1.54, 1.807) is 0 Å². The van der Waals surface area contributed by atoms with Crippen LogP contribution in [0, 0.1) is 13.8 Å². The summed E-state index contributed by atoms with van der Waals surface area (Å²) in [5.41, 5.74) is 7.39. The molecule has 3 rings (SSSR count). The third-order valence-corrected chi connectivity index (χ3v) is 3.61. The fraction of sp³-hybridized carbons (Fsp3) is 0.583. The van der Waals surface area contributed by atoms with Gasteiger partial charge in [-0.15, -0.1) is 0 Å². The Morgan fingerprint density at radius 2 is 1.83 bits per heavy atom. The highest BCUT2D eigenvalue weighted by molar-refractivity contribution is 5.58. The van der Waals surface area contributed by atoms with Crippen LogP contribution in [-0.4, -0.2) is 15.3 Å². The lowest BCUT2D eigenvalue weighted by Gasteiger charge is -2.17. The van der Waals surface area contributed by atoms with Gasteiger partial charge in [-0.25, -0.2) is 0 Å². The molecule has 2 aromatic rings. The maximum atomic E-state index is 6.30. The van der Waals surface area contributed by atoms with Crippen LogP contribution < -0.4 is 5.73 Å². The Bertz CT molecular complexity index is 547. The van der Waals surface area contributed by atoms with Crippen LogP contribution in [0.1, 0.15) is 43.0 Å². The molecule has 2 N–H and O–H groups in total. The third-order valence-electron chi connectivity index (χ3n) is 3.61. The fourth-order valence-corrected chi connectivity index (χ4v) is 2.55. The molecule has 0 atom stereocenters. The van der Waals surface area contributed by atoms with Gasteiger partial charge in [0.25, 0.3) is 5.89 Å². The van der Waals surface area contributed by atoms with Crippen LogP contribution >= 0.6 is 0 Å². The quantitative estimate of drug-likeness (QED) is 0.874. The molecule has 1 saturated carbocycles. The average molecular weight is 248 g/mol. The number of rotatable bonds is 2. The zero-order valence-electron chi connectivity index (χ0n) is 10.6. The second-order valence-electron chi connectivity index (χ2n) is 4.99. The first-order chi connectivity index (χ1) is 8.60. The van der Waals surface area contributed by atoms with Gasteiger partial charge in [0.15, 0.2) is 5.82 Å². The highest BCUT2D eigenvalue weighted by Gasteiger charge is 2.36. The van der Waals surface area contributed by atoms with Crippen LogP contribution in [0.4, 0.5) is 0 Å². The van der Waals surface area contributed by atoms with Crippen molar-refractivity contribution in [3.8, 4) is 11.5 Å². The summed E-state index contributed by atoms with van der Waals surface area (Å²) in [4.78, 5) is 4.43. The van der Waals surface area contributed by atoms with Crippen molar-refractivity contribution in [1.82, 2.24) is 15.3 Å². The Morgan fingerprint density at radius 1 is 1.11 bits per heavy atom. The van der Waals surface area contributed by atoms with Crippen molar-refractivity contribution >= 4 is 0 Å². The fourth-order valence-electron chi connectivity index (χ4n) is 2.55. The molecule has 0 aromatic carbocycles. The van der Waals surface area contributed by atoms with Crippen LogP contribution in [0.25, 0.3) is 11.5 Å². The lowest BCUT2D eigenvalue weighted by molar-refractivity contribution is 0.371. The van der Waals surface area contributed by atoms with E-state index in [1.165, 1.54) is 0 Å². The van der Waals surface area contributed by atoms with Crippen LogP contribution in [0.2, 0.25) is 0 Å². The number of hydrogen-bond donors (Lipinski definition) is 1. The minimum atomic E-state index is -0.430. The Hall–Kier alpha value is -1.69. The molecule has 0 bridgehead atoms. The molecule has 2 heterocycles. The molecule has 1 aliphatic rings. The van der Waals surface area contributed by atoms with Crippen molar-refractivity contribution in [3.63, 3.8) is 0 Å². The SMILES string of the molecule is Cc1noc(C)c1-c1nc(C2(N)CCCC2)no1. The van der Waals surface area contributed by atoms with E-state index in [9.17, 15) is 0 Å². The molecular weight excluding hydrogens is 232 g/mol. The number of nitrogens with zero attached hydrogens (tertiary/aromatic N) is 3. The molecule has 0 aliphatic heterocycles. The monoisotopic (exact) mass is 248 g/mol. The van der Waals surface area contributed by atoms with Crippen LogP contribution in [0.15, 0.2) is 9.05 Å². The summed E-state index contributed by atoms with van der Waals surface area (Å²) < 4.78 is 10.4. The van der Waals surface area contributed by atoms with Gasteiger partial charge in [-0.3, -0.25) is 0 Å². The first kappa shape index (κ1) is 11.4. The van der Waals surface area contributed by atoms with E-state index in [-0.39, 0.29) is 0 Å². The summed E-state index contributed by atoms with van der Waals surface area (Å²) in [5, 5.41) is 7.91. The molecule has 0 saturated heterocycles. The molecule has 1 fully saturated rings. The molecule has 0 spiro atoms. The molecule has 96 valence electrons. The Morgan fingerprint density at radius 3 is 2.44 bits per heavy atom. The van der Waals surface area contributed by atoms with Gasteiger partial charge in [-0.05, 0) is 26.7 Å². The third kappa shape index (κ3) is 1.64. The Labute approximate surface area is 105 Å². The maximum Gasteiger partial charge on any atom is 0.263 e. The summed E-state index contributed by atoms with van der Waals surface area (Å²) in [5.74, 6) is 1.72. The molecule has 6 heteroatoms. The Kier molecular flexibility index (Phi) is 2.48. The number of nitrogens with two attached hydrogens (primary N) is 1. The molecule has 1 aliphatic carbocycles. The molecule has 2 aromatic heterocycles. The standard InChI is InChI=1S/C12H16N4O2/c1-7-9(8(2)17-15-7)10-14-11(16-18-10)12(13)5-3-4-6-12/h3-6,13H2,1-2H3. The van der Waals surface area contributed by atoms with E-state index in [0.717, 1.165) is 36.9 Å². The van der Waals surface area contributed by atoms with Crippen molar-refractivity contribution in [2.75, 3.05) is 0 Å². The smallest absolute Gasteiger partial charge is 0.263 e. The lowest BCUT2D eigenvalue weighted by atomic mass is 9.98. The van der Waals surface area contributed by atoms with Crippen molar-refractivity contribution in [1.29, 1.82) is 0 Å². The molecule has 18 heavy (non-hydrogen) atoms. The molecule has 0 amide bonds. The highest BCUT2D eigenvalue weighted by Crippen LogP contribution is 2.36. The Balaban J connectivity index is 1.99. The van der Waals surface area contributed by atoms with Crippen LogP contribution in [0.5, 0.6) is 0 Å². The summed E-state index contributed by atoms with van der Waals surface area (Å²) in [6.45, 7) is 3.68. The summed E-state index contributed by atoms with van der Waals surface area (Å²) in [7, 11) is 0. The summed E-state index contributed by atoms with van der Waals surface area (Å²) in [6, 6.07) is 0. The van der Waals surface area contributed by atoms with Crippen LogP contribution in [-0.2, 0) is 5.54 Å². The van der Waals surface area contributed by atoms with Gasteiger partial charge in [0.1, 0.15) is 11.3 Å². The van der Waals surface area contributed by atoms with Gasteiger partial charge >= 0.3 is 0 Å². The van der Waals surface area contributed by atoms with Gasteiger partial charge in [0.2, 0.25) is 0 Å². The van der Waals surface area contributed by atoms with E-state index >= 15 is 0 Å². The van der Waals surface area contributed by atoms with Gasteiger partial charge in [-0.1, -0.05) is 23.2 Å². The average Bonchev–Trinajstić information content (AvgIpc) is 3.01. The largest absolute Gasteiger partial charge is 0.361 e. The topological polar surface area (TPSA) is 91.0 Å². The molecule has 0 radical (unpaired) electrons. The second kappa shape index (κ2) is 3.91. The maximum absolute atomic E-state index is 6.30. The predicted molar refractivity (Wildman–Crippen MR) is 63.6 cm³/mol. The zero-order chi connectivity index (χ0) is 12.8. The van der Waals surface area contributed by atoms with E-state index < -0.39 is 5.54 Å². The first-order valence-electron chi connectivity index (χ1n) is 6.16. The number of aromatic nitrogens is 3. The van der Waals surface area contributed by atoms with Crippen molar-refractivity contribution in [3.05, 3.63) is 17.3 Å².